The molecule has 0 aliphatic heterocycles. The van der Waals surface area contributed by atoms with Gasteiger partial charge in [-0.05, 0) is 46.5 Å². The monoisotopic (exact) mass is 587 g/mol. The Hall–Kier alpha value is -6.12. The minimum atomic E-state index is 0.882. The van der Waals surface area contributed by atoms with Gasteiger partial charge in [-0.25, -0.2) is 0 Å². The van der Waals surface area contributed by atoms with Crippen LogP contribution < -0.4 is 0 Å². The van der Waals surface area contributed by atoms with Gasteiger partial charge >= 0.3 is 0 Å². The molecule has 0 aliphatic rings. The van der Waals surface area contributed by atoms with Crippen molar-refractivity contribution in [2.24, 2.45) is 0 Å². The third kappa shape index (κ3) is 4.12. The SMILES string of the molecule is c1ccc(-c2ccccc2-c2oc(-c3c(-c4ccccc4)ccc4c3c3ccccc3n4-c3ccccc3)c3ccccc23)cc1. The number of fused-ring (bicyclic) bond motifs is 4. The van der Waals surface area contributed by atoms with Crippen LogP contribution in [0.1, 0.15) is 0 Å². The number of nitrogens with zero attached hydrogens (tertiary/aromatic N) is 1. The number of furan rings is 1. The molecule has 7 aromatic carbocycles. The molecule has 2 aromatic heterocycles. The van der Waals surface area contributed by atoms with E-state index in [1.807, 2.05) is 0 Å². The van der Waals surface area contributed by atoms with Crippen LogP contribution in [0.2, 0.25) is 0 Å². The second-order valence-corrected chi connectivity index (χ2v) is 11.7. The normalized spacial score (nSPS) is 11.5. The maximum Gasteiger partial charge on any atom is 0.143 e. The average molecular weight is 588 g/mol. The molecule has 2 heteroatoms. The van der Waals surface area contributed by atoms with Crippen molar-refractivity contribution in [1.29, 1.82) is 0 Å². The molecule has 0 aliphatic carbocycles. The molecule has 0 radical (unpaired) electrons. The Morgan fingerprint density at radius 1 is 0.348 bits per heavy atom. The molecule has 0 saturated heterocycles. The van der Waals surface area contributed by atoms with E-state index in [4.69, 9.17) is 4.42 Å². The Morgan fingerprint density at radius 3 is 1.57 bits per heavy atom. The maximum absolute atomic E-state index is 7.22. The zero-order valence-corrected chi connectivity index (χ0v) is 25.1. The first kappa shape index (κ1) is 26.3. The van der Waals surface area contributed by atoms with Crippen LogP contribution in [-0.2, 0) is 0 Å². The number of hydrogen-bond donors (Lipinski definition) is 0. The second-order valence-electron chi connectivity index (χ2n) is 11.7. The molecule has 216 valence electrons. The van der Waals surface area contributed by atoms with E-state index in [0.29, 0.717) is 0 Å². The Balaban J connectivity index is 1.42. The molecular weight excluding hydrogens is 558 g/mol. The largest absolute Gasteiger partial charge is 0.455 e. The highest BCUT2D eigenvalue weighted by Gasteiger charge is 2.25. The highest BCUT2D eigenvalue weighted by Crippen LogP contribution is 2.49. The number of benzene rings is 7. The molecule has 46 heavy (non-hydrogen) atoms. The minimum Gasteiger partial charge on any atom is -0.455 e. The van der Waals surface area contributed by atoms with Crippen molar-refractivity contribution >= 4 is 32.6 Å². The third-order valence-corrected chi connectivity index (χ3v) is 9.04. The number of para-hydroxylation sites is 2. The van der Waals surface area contributed by atoms with Gasteiger partial charge < -0.3 is 8.98 Å². The first-order valence-corrected chi connectivity index (χ1v) is 15.7. The van der Waals surface area contributed by atoms with E-state index in [1.54, 1.807) is 0 Å². The van der Waals surface area contributed by atoms with Crippen LogP contribution in [0, 0.1) is 0 Å². The topological polar surface area (TPSA) is 18.1 Å². The summed E-state index contributed by atoms with van der Waals surface area (Å²) in [6, 6.07) is 62.3. The zero-order chi connectivity index (χ0) is 30.5. The van der Waals surface area contributed by atoms with Gasteiger partial charge in [-0.3, -0.25) is 0 Å². The van der Waals surface area contributed by atoms with Crippen molar-refractivity contribution in [2.45, 2.75) is 0 Å². The van der Waals surface area contributed by atoms with Gasteiger partial charge in [-0.1, -0.05) is 152 Å². The molecular formula is C44H29NO. The van der Waals surface area contributed by atoms with E-state index in [1.165, 1.54) is 16.3 Å². The highest BCUT2D eigenvalue weighted by atomic mass is 16.3. The zero-order valence-electron chi connectivity index (χ0n) is 25.1. The van der Waals surface area contributed by atoms with Gasteiger partial charge in [0.05, 0.1) is 11.0 Å². The van der Waals surface area contributed by atoms with Crippen LogP contribution in [0.4, 0.5) is 0 Å². The summed E-state index contributed by atoms with van der Waals surface area (Å²) in [4.78, 5) is 0. The first-order valence-electron chi connectivity index (χ1n) is 15.7. The fourth-order valence-corrected chi connectivity index (χ4v) is 7.04. The molecule has 0 atom stereocenters. The predicted molar refractivity (Wildman–Crippen MR) is 192 cm³/mol. The van der Waals surface area contributed by atoms with Gasteiger partial charge in [0.25, 0.3) is 0 Å². The molecule has 2 heterocycles. The number of aromatic nitrogens is 1. The fraction of sp³-hybridized carbons (Fsp3) is 0. The van der Waals surface area contributed by atoms with Crippen molar-refractivity contribution in [3.8, 4) is 50.6 Å². The van der Waals surface area contributed by atoms with Crippen LogP contribution in [-0.4, -0.2) is 4.57 Å². The Kier molecular flexibility index (Phi) is 6.17. The molecule has 0 N–H and O–H groups in total. The van der Waals surface area contributed by atoms with Crippen molar-refractivity contribution in [2.75, 3.05) is 0 Å². The highest BCUT2D eigenvalue weighted by molar-refractivity contribution is 6.21. The van der Waals surface area contributed by atoms with E-state index >= 15 is 0 Å². The molecule has 0 bridgehead atoms. The standard InChI is InChI=1S/C44H29NO/c1-4-16-30(17-5-1)33-22-10-11-23-35(33)43-36-24-12-13-25-37(36)44(46-43)42-34(31-18-6-2-7-19-31)28-29-40-41(42)38-26-14-15-27-39(38)45(40)32-20-8-3-9-21-32/h1-29H. The lowest BCUT2D eigenvalue weighted by Gasteiger charge is -2.13. The van der Waals surface area contributed by atoms with Gasteiger partial charge in [0, 0.05) is 38.4 Å². The minimum absolute atomic E-state index is 0.882. The molecule has 0 amide bonds. The van der Waals surface area contributed by atoms with Crippen molar-refractivity contribution in [3.63, 3.8) is 0 Å². The average Bonchev–Trinajstić information content (AvgIpc) is 3.69. The van der Waals surface area contributed by atoms with Gasteiger partial charge in [0.15, 0.2) is 0 Å². The lowest BCUT2D eigenvalue weighted by Crippen LogP contribution is -1.93. The van der Waals surface area contributed by atoms with E-state index in [0.717, 1.165) is 66.9 Å². The molecule has 9 aromatic rings. The van der Waals surface area contributed by atoms with Crippen LogP contribution in [0.25, 0.3) is 83.2 Å². The van der Waals surface area contributed by atoms with E-state index in [2.05, 4.69) is 180 Å². The predicted octanol–water partition coefficient (Wildman–Crippen LogP) is 12.2. The molecule has 0 unspecified atom stereocenters. The van der Waals surface area contributed by atoms with Crippen LogP contribution in [0.5, 0.6) is 0 Å². The van der Waals surface area contributed by atoms with Gasteiger partial charge in [0.2, 0.25) is 0 Å². The molecule has 0 spiro atoms. The van der Waals surface area contributed by atoms with Crippen LogP contribution in [0.15, 0.2) is 180 Å². The van der Waals surface area contributed by atoms with Gasteiger partial charge in [0.1, 0.15) is 11.5 Å². The van der Waals surface area contributed by atoms with Crippen molar-refractivity contribution < 1.29 is 4.42 Å². The first-order chi connectivity index (χ1) is 22.9. The second kappa shape index (κ2) is 10.8. The fourth-order valence-electron chi connectivity index (χ4n) is 7.04. The summed E-state index contributed by atoms with van der Waals surface area (Å²) in [5, 5.41) is 4.58. The van der Waals surface area contributed by atoms with Gasteiger partial charge in [-0.15, -0.1) is 0 Å². The van der Waals surface area contributed by atoms with E-state index < -0.39 is 0 Å². The summed E-state index contributed by atoms with van der Waals surface area (Å²) in [5.41, 5.74) is 10.2. The van der Waals surface area contributed by atoms with Crippen LogP contribution >= 0.6 is 0 Å². The maximum atomic E-state index is 7.22. The summed E-state index contributed by atoms with van der Waals surface area (Å²) < 4.78 is 9.60. The summed E-state index contributed by atoms with van der Waals surface area (Å²) in [7, 11) is 0. The third-order valence-electron chi connectivity index (χ3n) is 9.04. The van der Waals surface area contributed by atoms with E-state index in [9.17, 15) is 0 Å². The molecule has 0 fully saturated rings. The molecule has 9 rings (SSSR count). The molecule has 0 saturated carbocycles. The quantitative estimate of drug-likeness (QED) is 0.196. The van der Waals surface area contributed by atoms with Gasteiger partial charge in [-0.2, -0.15) is 0 Å². The van der Waals surface area contributed by atoms with Crippen molar-refractivity contribution in [1.82, 2.24) is 4.57 Å². The Bertz CT molecular complexity index is 2500. The summed E-state index contributed by atoms with van der Waals surface area (Å²) in [6.07, 6.45) is 0. The number of rotatable bonds is 5. The lowest BCUT2D eigenvalue weighted by atomic mass is 9.92. The number of hydrogen-bond acceptors (Lipinski definition) is 1. The Morgan fingerprint density at radius 2 is 0.870 bits per heavy atom. The van der Waals surface area contributed by atoms with E-state index in [-0.39, 0.29) is 0 Å². The lowest BCUT2D eigenvalue weighted by molar-refractivity contribution is 0.603. The Labute approximate surface area is 267 Å². The summed E-state index contributed by atoms with van der Waals surface area (Å²) in [6.45, 7) is 0. The summed E-state index contributed by atoms with van der Waals surface area (Å²) in [5.74, 6) is 1.77. The smallest absolute Gasteiger partial charge is 0.143 e. The van der Waals surface area contributed by atoms with Crippen LogP contribution in [0.3, 0.4) is 0 Å². The van der Waals surface area contributed by atoms with Crippen molar-refractivity contribution in [3.05, 3.63) is 176 Å². The summed E-state index contributed by atoms with van der Waals surface area (Å²) >= 11 is 0. The molecule has 2 nitrogen and oxygen atoms in total.